The molecule has 110 heavy (non-hydrogen) atoms. The van der Waals surface area contributed by atoms with Crippen LogP contribution in [0.5, 0.6) is 0 Å². The van der Waals surface area contributed by atoms with Gasteiger partial charge in [0.1, 0.15) is 29.0 Å². The lowest BCUT2D eigenvalue weighted by molar-refractivity contribution is -0.900. The molecule has 15 nitrogen and oxygen atoms in total. The minimum Gasteiger partial charge on any atom is -1.00 e. The third-order valence-corrected chi connectivity index (χ3v) is 29.8. The van der Waals surface area contributed by atoms with Crippen LogP contribution in [0.1, 0.15) is 232 Å². The van der Waals surface area contributed by atoms with Gasteiger partial charge in [0.25, 0.3) is 0 Å². The molecule has 1 unspecified atom stereocenters. The lowest BCUT2D eigenvalue weighted by atomic mass is 10.1. The fourth-order valence-corrected chi connectivity index (χ4v) is 23.3. The standard InChI is InChI=1S/C90H131N5O10P2.3ClH/c1-80(96)93(101)71-39-11-10-24-50-81(97)63-65-89(99)94(102)72-40-22-37-67-91-88(98)64-66-90(100)95(103)73-41-23-38-68-92(69-42-46-76-104-74-44-12-6-2-4-8-14-48-78-106(82-51-25-16-26-52-82,83-53-27-17-28-54-83)84-55-29-18-30-56-84)70-43-47-77-105-75-45-13-7-3-5-9-15-49-79-107(85-57-31-19-32-58-85,86-59-33-20-34-60-86)87-61-35-21-36-62-87;;;/h16-21,25-35,51-62,101-103H,2-15,22-24,37-50,63-79H2,1H3;3*1H/p-1. The first-order valence-electron chi connectivity index (χ1n) is 41.2. The van der Waals surface area contributed by atoms with Crippen LogP contribution in [0.3, 0.4) is 0 Å². The average molecular weight is 1610 g/mol. The minimum atomic E-state index is -1.79. The van der Waals surface area contributed by atoms with Crippen LogP contribution in [0.25, 0.3) is 0 Å². The summed E-state index contributed by atoms with van der Waals surface area (Å²) in [5, 5.41) is 43.9. The van der Waals surface area contributed by atoms with Crippen LogP contribution in [-0.4, -0.2) is 145 Å². The van der Waals surface area contributed by atoms with Crippen molar-refractivity contribution in [3.05, 3.63) is 182 Å². The average Bonchev–Trinajstić information content (AvgIpc) is 0.767. The lowest BCUT2D eigenvalue weighted by Crippen LogP contribution is -3.12. The number of hydrogen-bond acceptors (Lipinski definition) is 10. The third kappa shape index (κ3) is 38.9. The Bertz CT molecular complexity index is 2940. The number of nitrogens with zero attached hydrogens (tertiary/aromatic N) is 3. The maximum atomic E-state index is 12.8. The molecule has 1 atom stereocenters. The quantitative estimate of drug-likeness (QED) is 0.00902. The first-order valence-corrected chi connectivity index (χ1v) is 45.1. The van der Waals surface area contributed by atoms with Gasteiger partial charge in [0.05, 0.1) is 49.8 Å². The molecule has 0 aliphatic rings. The zero-order valence-corrected chi connectivity index (χ0v) is 70.3. The normalized spacial score (nSPS) is 11.6. The van der Waals surface area contributed by atoms with Gasteiger partial charge in [-0.1, -0.05) is 168 Å². The molecule has 6 aromatic rings. The molecule has 0 aliphatic carbocycles. The Morgan fingerprint density at radius 3 is 1.07 bits per heavy atom. The van der Waals surface area contributed by atoms with E-state index < -0.39 is 32.2 Å². The number of halogens is 3. The summed E-state index contributed by atoms with van der Waals surface area (Å²) >= 11 is 0. The summed E-state index contributed by atoms with van der Waals surface area (Å²) < 4.78 is 12.4. The molecule has 0 saturated heterocycles. The van der Waals surface area contributed by atoms with Crippen molar-refractivity contribution in [2.45, 2.75) is 232 Å². The van der Waals surface area contributed by atoms with E-state index in [2.05, 4.69) is 181 Å². The van der Waals surface area contributed by atoms with Gasteiger partial charge in [-0.2, -0.15) is 18.2 Å². The Labute approximate surface area is 681 Å². The molecule has 4 amide bonds. The van der Waals surface area contributed by atoms with Crippen LogP contribution in [0.15, 0.2) is 176 Å². The highest BCUT2D eigenvalue weighted by molar-refractivity contribution is 7.96. The first-order chi connectivity index (χ1) is 52.4. The molecule has 6 rings (SSSR count). The van der Waals surface area contributed by atoms with Gasteiger partial charge in [0, 0.05) is 96.9 Å². The van der Waals surface area contributed by atoms with E-state index in [1.807, 2.05) is 6.07 Å². The Morgan fingerprint density at radius 2 is 0.673 bits per heavy atom. The van der Waals surface area contributed by atoms with Crippen molar-refractivity contribution in [2.24, 2.45) is 0 Å². The molecule has 0 aliphatic heterocycles. The summed E-state index contributed by atoms with van der Waals surface area (Å²) in [5.41, 5.74) is 0. The summed E-state index contributed by atoms with van der Waals surface area (Å²) in [5.74, 6) is -1.70. The number of quaternary nitrogens is 1. The molecule has 6 aromatic carbocycles. The molecule has 0 saturated carbocycles. The molecule has 5 N–H and O–H groups in total. The number of unbranched alkanes of at least 4 members (excludes halogenated alkanes) is 23. The van der Waals surface area contributed by atoms with E-state index in [9.17, 15) is 39.6 Å². The summed E-state index contributed by atoms with van der Waals surface area (Å²) in [6.07, 6.45) is 34.0. The summed E-state index contributed by atoms with van der Waals surface area (Å²) in [4.78, 5) is 62.6. The van der Waals surface area contributed by atoms with Crippen LogP contribution in [0, 0.1) is 6.07 Å². The van der Waals surface area contributed by atoms with Gasteiger partial charge < -0.3 is 56.9 Å². The van der Waals surface area contributed by atoms with E-state index in [1.54, 1.807) is 4.90 Å². The molecule has 0 fully saturated rings. The molecule has 0 heterocycles. The second-order valence-electron chi connectivity index (χ2n) is 29.2. The fourth-order valence-electron chi connectivity index (χ4n) is 14.6. The van der Waals surface area contributed by atoms with Gasteiger partial charge in [0.2, 0.25) is 23.6 Å². The second-order valence-corrected chi connectivity index (χ2v) is 36.4. The topological polar surface area (TPSA) is 191 Å². The molecular formula is C90H133Cl3N5O10P2-. The number of hydrogen-bond donors (Lipinski definition) is 5. The highest BCUT2D eigenvalue weighted by atomic mass is 35.5. The number of amides is 4. The Kier molecular flexibility index (Phi) is 55.4. The zero-order chi connectivity index (χ0) is 75.9. The van der Waals surface area contributed by atoms with Crippen LogP contribution in [0.2, 0.25) is 0 Å². The Morgan fingerprint density at radius 1 is 0.355 bits per heavy atom. The number of rotatable bonds is 63. The predicted octanol–water partition coefficient (Wildman–Crippen LogP) is 6.72. The zero-order valence-electron chi connectivity index (χ0n) is 66.3. The van der Waals surface area contributed by atoms with Crippen molar-refractivity contribution in [3.8, 4) is 0 Å². The molecule has 20 heteroatoms. The van der Waals surface area contributed by atoms with Crippen LogP contribution >= 0.6 is 14.5 Å². The van der Waals surface area contributed by atoms with Gasteiger partial charge >= 0.3 is 0 Å². The van der Waals surface area contributed by atoms with Crippen molar-refractivity contribution >= 4 is 75.8 Å². The summed E-state index contributed by atoms with van der Waals surface area (Å²) in [6, 6.07) is 68.3. The summed E-state index contributed by atoms with van der Waals surface area (Å²) in [7, 11) is -3.56. The molecular weight excluding hydrogens is 1480 g/mol. The van der Waals surface area contributed by atoms with Crippen molar-refractivity contribution in [2.75, 3.05) is 84.6 Å². The van der Waals surface area contributed by atoms with Crippen molar-refractivity contribution in [1.82, 2.24) is 20.5 Å². The molecule has 0 spiro atoms. The van der Waals surface area contributed by atoms with Crippen LogP contribution < -0.4 is 79.3 Å². The predicted molar refractivity (Wildman–Crippen MR) is 442 cm³/mol. The van der Waals surface area contributed by atoms with E-state index in [0.717, 1.165) is 115 Å². The SMILES string of the molecule is CC(=O)N(O)CCCCCCC(=O)CCC(=O)N(O)CCCCCNC(=O)CCC(=O)N(O)CCCCC[NH+](CCCCOCCCCCCCCCC[P+](c1c[c-]ccc1)(c1ccccc1)c1ccccc1)CCCCOCCCCCCCCCC[P+](c1ccccc1)(c1ccccc1)c1ccccc1.[Cl-].[Cl-].[Cl-]. The monoisotopic (exact) mass is 1610 g/mol. The van der Waals surface area contributed by atoms with E-state index in [4.69, 9.17) is 9.47 Å². The third-order valence-electron chi connectivity index (χ3n) is 20.8. The van der Waals surface area contributed by atoms with Crippen molar-refractivity contribution < 1.29 is 91.2 Å². The number of carbonyl (C=O) groups excluding carboxylic acids is 5. The maximum Gasteiger partial charge on any atom is 0.246 e. The van der Waals surface area contributed by atoms with E-state index >= 15 is 0 Å². The van der Waals surface area contributed by atoms with E-state index in [-0.39, 0.29) is 94.2 Å². The number of carbonyl (C=O) groups is 5. The second kappa shape index (κ2) is 61.8. The van der Waals surface area contributed by atoms with Gasteiger partial charge in [-0.3, -0.25) is 39.6 Å². The molecule has 0 aromatic heterocycles. The first kappa shape index (κ1) is 98.6. The van der Waals surface area contributed by atoms with Crippen LogP contribution in [-0.2, 0) is 33.4 Å². The fraction of sp³-hybridized carbons (Fsp3) is 0.544. The van der Waals surface area contributed by atoms with E-state index in [0.29, 0.717) is 61.6 Å². The number of Topliss-reactive ketones (excluding diaryl/α,β-unsaturated/α-hetero) is 1. The molecule has 0 radical (unpaired) electrons. The van der Waals surface area contributed by atoms with Gasteiger partial charge in [-0.15, -0.1) is 12.1 Å². The number of nitrogens with one attached hydrogen (secondary N) is 2. The highest BCUT2D eigenvalue weighted by Crippen LogP contribution is 2.57. The smallest absolute Gasteiger partial charge is 0.246 e. The van der Waals surface area contributed by atoms with Gasteiger partial charge in [0.15, 0.2) is 0 Å². The van der Waals surface area contributed by atoms with Gasteiger partial charge in [-0.25, -0.2) is 15.2 Å². The number of ketones is 1. The van der Waals surface area contributed by atoms with Crippen molar-refractivity contribution in [1.29, 1.82) is 0 Å². The largest absolute Gasteiger partial charge is 1.00 e. The Balaban J connectivity index is 0.0000105. The highest BCUT2D eigenvalue weighted by Gasteiger charge is 2.45. The number of ether oxygens (including phenoxy) is 2. The Hall–Kier alpha value is -5.64. The molecule has 610 valence electrons. The van der Waals surface area contributed by atoms with Crippen LogP contribution in [0.4, 0.5) is 0 Å². The minimum absolute atomic E-state index is 0. The molecule has 0 bridgehead atoms. The van der Waals surface area contributed by atoms with E-state index in [1.165, 1.54) is 141 Å². The lowest BCUT2D eigenvalue weighted by Gasteiger charge is -2.31. The van der Waals surface area contributed by atoms with Crippen molar-refractivity contribution in [3.63, 3.8) is 0 Å². The summed E-state index contributed by atoms with van der Waals surface area (Å²) in [6.45, 7) is 8.77. The van der Waals surface area contributed by atoms with Gasteiger partial charge in [-0.05, 0) is 176 Å². The maximum absolute atomic E-state index is 12.8. The number of hydroxylamine groups is 6. The number of benzene rings is 6.